The molecule has 0 heterocycles. The van der Waals surface area contributed by atoms with Gasteiger partial charge in [-0.3, -0.25) is 0 Å². The summed E-state index contributed by atoms with van der Waals surface area (Å²) in [5.74, 6) is 2.36. The highest BCUT2D eigenvalue weighted by molar-refractivity contribution is 5.91. The third kappa shape index (κ3) is 8.73. The molecule has 2 rings (SSSR count). The molecule has 1 atom stereocenters. The summed E-state index contributed by atoms with van der Waals surface area (Å²) >= 11 is 0. The molecule has 0 radical (unpaired) electrons. The number of unbranched alkanes of at least 4 members (excludes halogenated alkanes) is 2. The molecule has 0 saturated heterocycles. The minimum Gasteiger partial charge on any atom is -0.494 e. The summed E-state index contributed by atoms with van der Waals surface area (Å²) in [4.78, 5) is 12.3. The topological polar surface area (TPSA) is 44.8 Å². The minimum atomic E-state index is -0.392. The van der Waals surface area contributed by atoms with E-state index in [0.29, 0.717) is 24.5 Å². The van der Waals surface area contributed by atoms with E-state index < -0.39 is 5.97 Å². The van der Waals surface area contributed by atoms with Crippen molar-refractivity contribution in [3.05, 3.63) is 66.7 Å². The number of hydrogen-bond acceptors (Lipinski definition) is 4. The van der Waals surface area contributed by atoms with Crippen molar-refractivity contribution < 1.29 is 19.0 Å². The van der Waals surface area contributed by atoms with Crippen LogP contribution >= 0.6 is 0 Å². The summed E-state index contributed by atoms with van der Waals surface area (Å²) in [6.07, 6.45) is 8.37. The number of carbonyl (C=O) groups excluding carboxylic acids is 1. The zero-order valence-corrected chi connectivity index (χ0v) is 18.3. The second-order valence-corrected chi connectivity index (χ2v) is 7.52. The lowest BCUT2D eigenvalue weighted by Crippen LogP contribution is -2.08. The lowest BCUT2D eigenvalue weighted by molar-refractivity contribution is 0.0734. The van der Waals surface area contributed by atoms with Crippen LogP contribution in [0.3, 0.4) is 0 Å². The Balaban J connectivity index is 1.75. The quantitative estimate of drug-likeness (QED) is 0.148. The average Bonchev–Trinajstić information content (AvgIpc) is 2.78. The molecule has 0 N–H and O–H groups in total. The Labute approximate surface area is 180 Å². The average molecular weight is 411 g/mol. The van der Waals surface area contributed by atoms with Crippen LogP contribution in [0.2, 0.25) is 0 Å². The molecule has 0 aliphatic carbocycles. The van der Waals surface area contributed by atoms with Gasteiger partial charge in [0, 0.05) is 0 Å². The van der Waals surface area contributed by atoms with E-state index in [4.69, 9.17) is 14.2 Å². The SMILES string of the molecule is C=CCCCCOc1ccc(OC(=O)c2ccc(OCCCC(C)CC)cc2)cc1. The van der Waals surface area contributed by atoms with Crippen molar-refractivity contribution in [3.63, 3.8) is 0 Å². The first-order chi connectivity index (χ1) is 14.6. The third-order valence-corrected chi connectivity index (χ3v) is 5.00. The maximum absolute atomic E-state index is 12.3. The standard InChI is InChI=1S/C26H34O4/c1-4-6-7-8-19-28-24-15-17-25(18-16-24)30-26(27)22-11-13-23(14-12-22)29-20-9-10-21(3)5-2/h4,11-18,21H,1,5-10,19-20H2,2-3H3. The molecule has 0 saturated carbocycles. The van der Waals surface area contributed by atoms with Gasteiger partial charge >= 0.3 is 5.97 Å². The number of esters is 1. The first-order valence-electron chi connectivity index (χ1n) is 10.9. The highest BCUT2D eigenvalue weighted by Gasteiger charge is 2.09. The van der Waals surface area contributed by atoms with E-state index in [9.17, 15) is 4.79 Å². The molecule has 4 nitrogen and oxygen atoms in total. The van der Waals surface area contributed by atoms with Gasteiger partial charge < -0.3 is 14.2 Å². The molecule has 0 aliphatic rings. The summed E-state index contributed by atoms with van der Waals surface area (Å²) in [6, 6.07) is 14.2. The van der Waals surface area contributed by atoms with Gasteiger partial charge in [-0.2, -0.15) is 0 Å². The van der Waals surface area contributed by atoms with Crippen LogP contribution in [0.4, 0.5) is 0 Å². The molecule has 0 spiro atoms. The monoisotopic (exact) mass is 410 g/mol. The van der Waals surface area contributed by atoms with Crippen LogP contribution < -0.4 is 14.2 Å². The third-order valence-electron chi connectivity index (χ3n) is 5.00. The Morgan fingerprint density at radius 3 is 2.07 bits per heavy atom. The van der Waals surface area contributed by atoms with E-state index in [1.165, 1.54) is 12.8 Å². The predicted molar refractivity (Wildman–Crippen MR) is 122 cm³/mol. The number of hydrogen-bond donors (Lipinski definition) is 0. The van der Waals surface area contributed by atoms with Crippen molar-refractivity contribution >= 4 is 5.97 Å². The van der Waals surface area contributed by atoms with Crippen LogP contribution in [0, 0.1) is 5.92 Å². The Kier molecular flexibility index (Phi) is 10.6. The first kappa shape index (κ1) is 23.5. The van der Waals surface area contributed by atoms with Gasteiger partial charge in [0.25, 0.3) is 0 Å². The molecule has 0 aromatic heterocycles. The first-order valence-corrected chi connectivity index (χ1v) is 10.9. The molecular formula is C26H34O4. The summed E-state index contributed by atoms with van der Waals surface area (Å²) < 4.78 is 16.9. The fourth-order valence-electron chi connectivity index (χ4n) is 2.86. The van der Waals surface area contributed by atoms with Crippen LogP contribution in [0.15, 0.2) is 61.2 Å². The fraction of sp³-hybridized carbons (Fsp3) is 0.423. The summed E-state index contributed by atoms with van der Waals surface area (Å²) in [7, 11) is 0. The van der Waals surface area contributed by atoms with E-state index >= 15 is 0 Å². The van der Waals surface area contributed by atoms with Gasteiger partial charge in [-0.1, -0.05) is 26.3 Å². The second-order valence-electron chi connectivity index (χ2n) is 7.52. The van der Waals surface area contributed by atoms with Crippen LogP contribution in [0.25, 0.3) is 0 Å². The number of rotatable bonds is 14. The van der Waals surface area contributed by atoms with Gasteiger partial charge in [0.05, 0.1) is 18.8 Å². The Morgan fingerprint density at radius 1 is 0.900 bits per heavy atom. The number of benzene rings is 2. The maximum atomic E-state index is 12.3. The van der Waals surface area contributed by atoms with Gasteiger partial charge in [0.2, 0.25) is 0 Å². The van der Waals surface area contributed by atoms with Crippen molar-refractivity contribution in [3.8, 4) is 17.2 Å². The molecular weight excluding hydrogens is 376 g/mol. The molecule has 0 aliphatic heterocycles. The summed E-state index contributed by atoms with van der Waals surface area (Å²) in [6.45, 7) is 9.53. The summed E-state index contributed by atoms with van der Waals surface area (Å²) in [5.41, 5.74) is 0.490. The van der Waals surface area contributed by atoms with Gasteiger partial charge in [0.15, 0.2) is 0 Å². The smallest absolute Gasteiger partial charge is 0.343 e. The molecule has 2 aromatic carbocycles. The Morgan fingerprint density at radius 2 is 1.47 bits per heavy atom. The largest absolute Gasteiger partial charge is 0.494 e. The highest BCUT2D eigenvalue weighted by atomic mass is 16.5. The zero-order valence-electron chi connectivity index (χ0n) is 18.3. The van der Waals surface area contributed by atoms with Crippen molar-refractivity contribution in [1.82, 2.24) is 0 Å². The Bertz CT molecular complexity index is 750. The molecule has 0 amide bonds. The van der Waals surface area contributed by atoms with E-state index in [2.05, 4.69) is 20.4 Å². The van der Waals surface area contributed by atoms with Gasteiger partial charge in [-0.25, -0.2) is 4.79 Å². The van der Waals surface area contributed by atoms with Crippen LogP contribution in [0.1, 0.15) is 62.7 Å². The highest BCUT2D eigenvalue weighted by Crippen LogP contribution is 2.20. The summed E-state index contributed by atoms with van der Waals surface area (Å²) in [5, 5.41) is 0. The van der Waals surface area contributed by atoms with E-state index in [-0.39, 0.29) is 0 Å². The lowest BCUT2D eigenvalue weighted by Gasteiger charge is -2.10. The molecule has 2 aromatic rings. The molecule has 0 fully saturated rings. The van der Waals surface area contributed by atoms with Crippen LogP contribution in [-0.2, 0) is 0 Å². The van der Waals surface area contributed by atoms with Crippen molar-refractivity contribution in [1.29, 1.82) is 0 Å². The van der Waals surface area contributed by atoms with E-state index in [0.717, 1.165) is 43.1 Å². The fourth-order valence-corrected chi connectivity index (χ4v) is 2.86. The molecule has 162 valence electrons. The normalized spacial score (nSPS) is 11.5. The minimum absolute atomic E-state index is 0.392. The van der Waals surface area contributed by atoms with E-state index in [1.807, 2.05) is 30.3 Å². The molecule has 1 unspecified atom stereocenters. The van der Waals surface area contributed by atoms with Gasteiger partial charge in [-0.15, -0.1) is 6.58 Å². The Hall–Kier alpha value is -2.75. The number of carbonyl (C=O) groups is 1. The zero-order chi connectivity index (χ0) is 21.6. The second kappa shape index (κ2) is 13.5. The number of ether oxygens (including phenoxy) is 3. The van der Waals surface area contributed by atoms with Crippen molar-refractivity contribution in [2.75, 3.05) is 13.2 Å². The maximum Gasteiger partial charge on any atom is 0.343 e. The molecule has 4 heteroatoms. The molecule has 30 heavy (non-hydrogen) atoms. The predicted octanol–water partition coefficient (Wildman–Crippen LogP) is 6.85. The van der Waals surface area contributed by atoms with Gasteiger partial charge in [0.1, 0.15) is 17.2 Å². The lowest BCUT2D eigenvalue weighted by atomic mass is 10.0. The van der Waals surface area contributed by atoms with Crippen molar-refractivity contribution in [2.24, 2.45) is 5.92 Å². The number of allylic oxidation sites excluding steroid dienone is 1. The van der Waals surface area contributed by atoms with E-state index in [1.54, 1.807) is 24.3 Å². The van der Waals surface area contributed by atoms with Gasteiger partial charge in [-0.05, 0) is 86.6 Å². The molecule has 0 bridgehead atoms. The van der Waals surface area contributed by atoms with Crippen LogP contribution in [0.5, 0.6) is 17.2 Å². The van der Waals surface area contributed by atoms with Crippen LogP contribution in [-0.4, -0.2) is 19.2 Å². The van der Waals surface area contributed by atoms with Crippen molar-refractivity contribution in [2.45, 2.75) is 52.4 Å².